The minimum atomic E-state index is 0.0430. The summed E-state index contributed by atoms with van der Waals surface area (Å²) in [7, 11) is 7.13. The van der Waals surface area contributed by atoms with Crippen molar-refractivity contribution in [3.8, 4) is 5.75 Å². The van der Waals surface area contributed by atoms with Crippen LogP contribution in [0.25, 0.3) is 0 Å². The molecule has 1 fully saturated rings. The van der Waals surface area contributed by atoms with Crippen LogP contribution < -0.4 is 15.4 Å². The molecule has 1 aromatic carbocycles. The summed E-state index contributed by atoms with van der Waals surface area (Å²) in [5.41, 5.74) is 2.27. The molecule has 1 heterocycles. The minimum absolute atomic E-state index is 0.0430. The van der Waals surface area contributed by atoms with Crippen molar-refractivity contribution < 1.29 is 9.53 Å². The first-order valence-corrected chi connectivity index (χ1v) is 9.99. The zero-order chi connectivity index (χ0) is 20.5. The Kier molecular flexibility index (Phi) is 8.57. The van der Waals surface area contributed by atoms with E-state index in [4.69, 9.17) is 4.74 Å². The number of likely N-dealkylation sites (tertiary alicyclic amines) is 1. The van der Waals surface area contributed by atoms with Crippen LogP contribution in [0.5, 0.6) is 5.75 Å². The van der Waals surface area contributed by atoms with E-state index in [2.05, 4.69) is 39.6 Å². The number of amides is 1. The minimum Gasteiger partial charge on any atom is -0.496 e. The second-order valence-electron chi connectivity index (χ2n) is 7.45. The van der Waals surface area contributed by atoms with Crippen molar-refractivity contribution in [2.45, 2.75) is 38.8 Å². The van der Waals surface area contributed by atoms with Gasteiger partial charge in [-0.15, -0.1) is 0 Å². The molecule has 1 aliphatic rings. The lowest BCUT2D eigenvalue weighted by atomic mass is 10.1. The zero-order valence-electron chi connectivity index (χ0n) is 17.9. The third kappa shape index (κ3) is 6.12. The quantitative estimate of drug-likeness (QED) is 0.402. The summed E-state index contributed by atoms with van der Waals surface area (Å²) in [6.45, 7) is 5.43. The number of carbonyl (C=O) groups excluding carboxylic acids is 1. The molecule has 1 aromatic rings. The van der Waals surface area contributed by atoms with E-state index in [0.717, 1.165) is 56.2 Å². The van der Waals surface area contributed by atoms with E-state index >= 15 is 0 Å². The van der Waals surface area contributed by atoms with Crippen LogP contribution in [0.2, 0.25) is 0 Å². The maximum Gasteiger partial charge on any atom is 0.239 e. The number of methoxy groups -OCH3 is 1. The Bertz CT molecular complexity index is 675. The van der Waals surface area contributed by atoms with Gasteiger partial charge in [-0.2, -0.15) is 0 Å². The lowest BCUT2D eigenvalue weighted by Gasteiger charge is -2.26. The van der Waals surface area contributed by atoms with Gasteiger partial charge in [-0.25, -0.2) is 0 Å². The smallest absolute Gasteiger partial charge is 0.239 e. The molecule has 1 atom stereocenters. The number of hydrogen-bond acceptors (Lipinski definition) is 4. The molecule has 1 unspecified atom stereocenters. The number of nitrogens with one attached hydrogen (secondary N) is 2. The fraction of sp³-hybridized carbons (Fsp3) is 0.619. The van der Waals surface area contributed by atoms with Crippen molar-refractivity contribution in [3.05, 3.63) is 29.3 Å². The number of nitrogens with zero attached hydrogens (tertiary/aromatic N) is 3. The fourth-order valence-electron chi connectivity index (χ4n) is 3.56. The maximum atomic E-state index is 12.3. The summed E-state index contributed by atoms with van der Waals surface area (Å²) >= 11 is 0. The average Bonchev–Trinajstić information content (AvgIpc) is 3.15. The van der Waals surface area contributed by atoms with Crippen LogP contribution >= 0.6 is 0 Å². The normalized spacial score (nSPS) is 17.5. The molecule has 0 saturated carbocycles. The SMILES string of the molecule is CN=C(NCCCN1CCCC1C(=O)N(C)C)NCc1ccc(C)cc1OC. The van der Waals surface area contributed by atoms with Crippen LogP contribution in [0.1, 0.15) is 30.4 Å². The van der Waals surface area contributed by atoms with Gasteiger partial charge in [0.2, 0.25) is 5.91 Å². The summed E-state index contributed by atoms with van der Waals surface area (Å²) in [6.07, 6.45) is 3.02. The summed E-state index contributed by atoms with van der Waals surface area (Å²) in [4.78, 5) is 20.6. The average molecular weight is 390 g/mol. The molecule has 7 heteroatoms. The van der Waals surface area contributed by atoms with Crippen LogP contribution in [0, 0.1) is 6.92 Å². The van der Waals surface area contributed by atoms with E-state index < -0.39 is 0 Å². The third-order valence-corrected chi connectivity index (χ3v) is 5.12. The number of aliphatic imine (C=N–C) groups is 1. The summed E-state index contributed by atoms with van der Waals surface area (Å²) in [5, 5.41) is 6.69. The lowest BCUT2D eigenvalue weighted by molar-refractivity contribution is -0.133. The van der Waals surface area contributed by atoms with Crippen molar-refractivity contribution in [2.75, 3.05) is 47.9 Å². The van der Waals surface area contributed by atoms with Gasteiger partial charge < -0.3 is 20.3 Å². The molecule has 1 amide bonds. The molecule has 0 aliphatic carbocycles. The zero-order valence-corrected chi connectivity index (χ0v) is 17.9. The molecule has 156 valence electrons. The van der Waals surface area contributed by atoms with Crippen LogP contribution in [0.4, 0.5) is 0 Å². The number of likely N-dealkylation sites (N-methyl/N-ethyl adjacent to an activating group) is 1. The van der Waals surface area contributed by atoms with Gasteiger partial charge in [-0.3, -0.25) is 14.7 Å². The maximum absolute atomic E-state index is 12.3. The number of benzene rings is 1. The molecule has 1 aliphatic heterocycles. The van der Waals surface area contributed by atoms with Gasteiger partial charge in [0.1, 0.15) is 5.75 Å². The summed E-state index contributed by atoms with van der Waals surface area (Å²) in [5.74, 6) is 1.87. The standard InChI is InChI=1S/C21H35N5O2/c1-16-9-10-17(19(14-16)28-5)15-24-21(22-2)23-11-7-13-26-12-6-8-18(26)20(27)25(3)4/h9-10,14,18H,6-8,11-13,15H2,1-5H3,(H2,22,23,24). The molecule has 1 saturated heterocycles. The van der Waals surface area contributed by atoms with E-state index in [1.165, 1.54) is 5.56 Å². The van der Waals surface area contributed by atoms with Gasteiger partial charge in [0.05, 0.1) is 13.2 Å². The van der Waals surface area contributed by atoms with Gasteiger partial charge >= 0.3 is 0 Å². The van der Waals surface area contributed by atoms with Crippen molar-refractivity contribution >= 4 is 11.9 Å². The van der Waals surface area contributed by atoms with E-state index in [9.17, 15) is 4.79 Å². The highest BCUT2D eigenvalue weighted by atomic mass is 16.5. The Morgan fingerprint density at radius 2 is 2.14 bits per heavy atom. The second-order valence-corrected chi connectivity index (χ2v) is 7.45. The van der Waals surface area contributed by atoms with Gasteiger partial charge in [-0.05, 0) is 44.4 Å². The first kappa shape index (κ1) is 22.0. The molecule has 0 radical (unpaired) electrons. The molecule has 0 bridgehead atoms. The third-order valence-electron chi connectivity index (χ3n) is 5.12. The van der Waals surface area contributed by atoms with Crippen LogP contribution in [-0.4, -0.2) is 75.6 Å². The Hall–Kier alpha value is -2.28. The molecule has 2 rings (SSSR count). The highest BCUT2D eigenvalue weighted by Gasteiger charge is 2.30. The lowest BCUT2D eigenvalue weighted by Crippen LogP contribution is -2.44. The number of hydrogen-bond donors (Lipinski definition) is 2. The number of guanidine groups is 1. The first-order chi connectivity index (χ1) is 13.5. The fourth-order valence-corrected chi connectivity index (χ4v) is 3.56. The van der Waals surface area contributed by atoms with Gasteiger partial charge in [0.25, 0.3) is 0 Å². The van der Waals surface area contributed by atoms with E-state index in [-0.39, 0.29) is 11.9 Å². The predicted molar refractivity (Wildman–Crippen MR) is 114 cm³/mol. The molecule has 2 N–H and O–H groups in total. The largest absolute Gasteiger partial charge is 0.496 e. The summed E-state index contributed by atoms with van der Waals surface area (Å²) in [6, 6.07) is 6.23. The monoisotopic (exact) mass is 389 g/mol. The van der Waals surface area contributed by atoms with Crippen LogP contribution in [0.3, 0.4) is 0 Å². The first-order valence-electron chi connectivity index (χ1n) is 9.99. The molecular weight excluding hydrogens is 354 g/mol. The molecule has 0 aromatic heterocycles. The Morgan fingerprint density at radius 3 is 2.82 bits per heavy atom. The van der Waals surface area contributed by atoms with E-state index in [1.54, 1.807) is 19.1 Å². The van der Waals surface area contributed by atoms with Crippen molar-refractivity contribution in [1.82, 2.24) is 20.4 Å². The van der Waals surface area contributed by atoms with E-state index in [0.29, 0.717) is 6.54 Å². The van der Waals surface area contributed by atoms with Crippen LogP contribution in [0.15, 0.2) is 23.2 Å². The number of ether oxygens (including phenoxy) is 1. The Labute approximate surface area is 169 Å². The molecule has 7 nitrogen and oxygen atoms in total. The molecular formula is C21H35N5O2. The van der Waals surface area contributed by atoms with Gasteiger partial charge in [0, 0.05) is 46.3 Å². The summed E-state index contributed by atoms with van der Waals surface area (Å²) < 4.78 is 5.46. The van der Waals surface area contributed by atoms with E-state index in [1.807, 2.05) is 20.2 Å². The van der Waals surface area contributed by atoms with Crippen LogP contribution in [-0.2, 0) is 11.3 Å². The Balaban J connectivity index is 1.75. The van der Waals surface area contributed by atoms with Crippen molar-refractivity contribution in [2.24, 2.45) is 4.99 Å². The highest BCUT2D eigenvalue weighted by Crippen LogP contribution is 2.20. The number of carbonyl (C=O) groups is 1. The molecule has 0 spiro atoms. The van der Waals surface area contributed by atoms with Crippen molar-refractivity contribution in [1.29, 1.82) is 0 Å². The molecule has 28 heavy (non-hydrogen) atoms. The number of rotatable bonds is 8. The van der Waals surface area contributed by atoms with Gasteiger partial charge in [-0.1, -0.05) is 12.1 Å². The number of aryl methyl sites for hydroxylation is 1. The van der Waals surface area contributed by atoms with Gasteiger partial charge in [0.15, 0.2) is 5.96 Å². The second kappa shape index (κ2) is 10.9. The highest BCUT2D eigenvalue weighted by molar-refractivity contribution is 5.81. The van der Waals surface area contributed by atoms with Crippen molar-refractivity contribution in [3.63, 3.8) is 0 Å². The topological polar surface area (TPSA) is 69.2 Å². The predicted octanol–water partition coefficient (Wildman–Crippen LogP) is 1.61. The Morgan fingerprint density at radius 1 is 1.36 bits per heavy atom.